The molecule has 4 fully saturated rings. The number of carbonyl (C=O) groups is 6. The van der Waals surface area contributed by atoms with E-state index in [2.05, 4.69) is 21.3 Å². The maximum absolute atomic E-state index is 15.2. The topological polar surface area (TPSA) is 200 Å². The molecule has 2 unspecified atom stereocenters. The van der Waals surface area contributed by atoms with Crippen molar-refractivity contribution < 1.29 is 41.9 Å². The average Bonchev–Trinajstić information content (AvgIpc) is 3.93. The lowest BCUT2D eigenvalue weighted by molar-refractivity contribution is -0.144. The molecule has 0 spiro atoms. The summed E-state index contributed by atoms with van der Waals surface area (Å²) in [6.07, 6.45) is 8.65. The van der Waals surface area contributed by atoms with Crippen LogP contribution in [-0.4, -0.2) is 113 Å². The Morgan fingerprint density at radius 3 is 2.16 bits per heavy atom. The molecule has 338 valence electrons. The number of ketones is 1. The zero-order chi connectivity index (χ0) is 44.2. The van der Waals surface area contributed by atoms with Gasteiger partial charge in [0.05, 0.1) is 28.6 Å². The summed E-state index contributed by atoms with van der Waals surface area (Å²) in [6, 6.07) is 3.75. The quantitative estimate of drug-likeness (QED) is 0.189. The summed E-state index contributed by atoms with van der Waals surface area (Å²) in [5.74, 6) is -2.94. The lowest BCUT2D eigenvalue weighted by Gasteiger charge is -2.44. The number of ether oxygens (including phenoxy) is 1. The second-order valence-electron chi connectivity index (χ2n) is 19.6. The molecule has 6 amide bonds. The molecule has 1 aromatic rings. The lowest BCUT2D eigenvalue weighted by Crippen LogP contribution is -2.64. The third-order valence-electron chi connectivity index (χ3n) is 13.7. The molecule has 5 aliphatic rings. The lowest BCUT2D eigenvalue weighted by atomic mass is 9.70. The number of hydrogen-bond donors (Lipinski definition) is 4. The van der Waals surface area contributed by atoms with Crippen LogP contribution < -0.4 is 21.3 Å². The van der Waals surface area contributed by atoms with E-state index < -0.39 is 85.4 Å². The summed E-state index contributed by atoms with van der Waals surface area (Å²) in [7, 11) is -3.63. The molecule has 1 saturated heterocycles. The summed E-state index contributed by atoms with van der Waals surface area (Å²) in [6.45, 7) is 9.42. The van der Waals surface area contributed by atoms with Crippen LogP contribution in [0, 0.1) is 5.41 Å². The van der Waals surface area contributed by atoms with Gasteiger partial charge in [-0.1, -0.05) is 83.1 Å². The van der Waals surface area contributed by atoms with Crippen molar-refractivity contribution in [2.75, 3.05) is 18.8 Å². The van der Waals surface area contributed by atoms with Crippen molar-refractivity contribution in [1.29, 1.82) is 0 Å². The molecule has 0 radical (unpaired) electrons. The number of nitrogens with one attached hydrogen (secondary N) is 4. The van der Waals surface area contributed by atoms with E-state index in [1.165, 1.54) is 4.90 Å². The number of benzene rings is 1. The zero-order valence-electron chi connectivity index (χ0n) is 36.8. The van der Waals surface area contributed by atoms with Crippen molar-refractivity contribution in [3.63, 3.8) is 0 Å². The number of sulfone groups is 1. The Kier molecular flexibility index (Phi) is 14.4. The fourth-order valence-corrected chi connectivity index (χ4v) is 11.1. The normalized spacial score (nSPS) is 23.4. The van der Waals surface area contributed by atoms with Gasteiger partial charge >= 0.3 is 12.1 Å². The van der Waals surface area contributed by atoms with Crippen LogP contribution >= 0.6 is 0 Å². The van der Waals surface area contributed by atoms with E-state index in [1.54, 1.807) is 25.7 Å². The van der Waals surface area contributed by atoms with Crippen LogP contribution in [0.25, 0.3) is 0 Å². The van der Waals surface area contributed by atoms with Crippen LogP contribution in [-0.2, 0) is 46.7 Å². The van der Waals surface area contributed by atoms with E-state index in [-0.39, 0.29) is 31.2 Å². The molecule has 3 saturated carbocycles. The highest BCUT2D eigenvalue weighted by Gasteiger charge is 2.50. The predicted molar refractivity (Wildman–Crippen MR) is 230 cm³/mol. The van der Waals surface area contributed by atoms with E-state index in [0.717, 1.165) is 62.5 Å². The number of nitrogens with zero attached hydrogens (tertiary/aromatic N) is 2. The van der Waals surface area contributed by atoms with E-state index in [0.29, 0.717) is 51.6 Å². The molecule has 0 bridgehead atoms. The Balaban J connectivity index is 1.26. The molecular formula is C45H68N6O9S. The van der Waals surface area contributed by atoms with Gasteiger partial charge in [-0.05, 0) is 88.7 Å². The van der Waals surface area contributed by atoms with Gasteiger partial charge in [0.25, 0.3) is 5.91 Å². The zero-order valence-corrected chi connectivity index (χ0v) is 37.6. The minimum atomic E-state index is -3.63. The van der Waals surface area contributed by atoms with Gasteiger partial charge in [0, 0.05) is 25.6 Å². The fourth-order valence-electron chi connectivity index (χ4n) is 9.58. The van der Waals surface area contributed by atoms with Crippen LogP contribution in [0.1, 0.15) is 142 Å². The van der Waals surface area contributed by atoms with Gasteiger partial charge in [-0.2, -0.15) is 0 Å². The smallest absolute Gasteiger partial charge is 0.410 e. The Bertz CT molecular complexity index is 1920. The first-order chi connectivity index (χ1) is 28.8. The molecule has 61 heavy (non-hydrogen) atoms. The van der Waals surface area contributed by atoms with Crippen LogP contribution in [0.15, 0.2) is 24.3 Å². The van der Waals surface area contributed by atoms with E-state index in [9.17, 15) is 32.4 Å². The maximum Gasteiger partial charge on any atom is 0.410 e. The van der Waals surface area contributed by atoms with Crippen molar-refractivity contribution in [3.05, 3.63) is 35.4 Å². The maximum atomic E-state index is 15.2. The van der Waals surface area contributed by atoms with Gasteiger partial charge in [-0.3, -0.25) is 19.2 Å². The van der Waals surface area contributed by atoms with Crippen LogP contribution in [0.3, 0.4) is 0 Å². The molecule has 16 heteroatoms. The Morgan fingerprint density at radius 2 is 1.54 bits per heavy atom. The van der Waals surface area contributed by atoms with E-state index in [1.807, 2.05) is 38.1 Å². The van der Waals surface area contributed by atoms with Gasteiger partial charge < -0.3 is 35.8 Å². The summed E-state index contributed by atoms with van der Waals surface area (Å²) < 4.78 is 32.2. The highest BCUT2D eigenvalue weighted by Crippen LogP contribution is 2.41. The molecule has 3 aliphatic carbocycles. The van der Waals surface area contributed by atoms with Gasteiger partial charge in [0.2, 0.25) is 17.6 Å². The van der Waals surface area contributed by atoms with Crippen LogP contribution in [0.5, 0.6) is 0 Å². The number of Topliss-reactive ketones (excluding diaryl/α,β-unsaturated/α-hetero) is 1. The van der Waals surface area contributed by atoms with Crippen molar-refractivity contribution in [3.8, 4) is 0 Å². The summed E-state index contributed by atoms with van der Waals surface area (Å²) in [5.41, 5.74) is 0.434. The van der Waals surface area contributed by atoms with Gasteiger partial charge in [-0.25, -0.2) is 18.0 Å². The third kappa shape index (κ3) is 11.2. The second-order valence-corrected chi connectivity index (χ2v) is 22.4. The minimum absolute atomic E-state index is 0.0557. The number of urea groups is 1. The number of hydrogen-bond acceptors (Lipinski definition) is 9. The average molecular weight is 869 g/mol. The highest BCUT2D eigenvalue weighted by molar-refractivity contribution is 7.92. The predicted octanol–water partition coefficient (Wildman–Crippen LogP) is 4.84. The van der Waals surface area contributed by atoms with Crippen molar-refractivity contribution in [1.82, 2.24) is 31.1 Å². The Morgan fingerprint density at radius 1 is 0.902 bits per heavy atom. The number of fused-ring (bicyclic) bond motifs is 1. The molecule has 6 rings (SSSR count). The highest BCUT2D eigenvalue weighted by atomic mass is 32.2. The Labute approximate surface area is 361 Å². The first-order valence-electron chi connectivity index (χ1n) is 22.6. The fraction of sp³-hybridized carbons (Fsp3) is 0.733. The molecule has 4 atom stereocenters. The number of carbonyl (C=O) groups excluding carboxylic acids is 6. The molecule has 15 nitrogen and oxygen atoms in total. The molecular weight excluding hydrogens is 801 g/mol. The molecule has 1 aromatic carbocycles. The monoisotopic (exact) mass is 868 g/mol. The number of rotatable bonds is 14. The van der Waals surface area contributed by atoms with E-state index >= 15 is 4.79 Å². The van der Waals surface area contributed by atoms with Crippen molar-refractivity contribution in [2.45, 2.75) is 184 Å². The summed E-state index contributed by atoms with van der Waals surface area (Å²) in [5, 5.41) is 11.5. The Hall–Kier alpha value is -4.21. The van der Waals surface area contributed by atoms with Crippen LogP contribution in [0.2, 0.25) is 0 Å². The van der Waals surface area contributed by atoms with E-state index in [4.69, 9.17) is 4.74 Å². The summed E-state index contributed by atoms with van der Waals surface area (Å²) in [4.78, 5) is 86.8. The molecule has 4 N–H and O–H groups in total. The minimum Gasteiger partial charge on any atom is -0.444 e. The largest absolute Gasteiger partial charge is 0.444 e. The molecule has 2 aliphatic heterocycles. The van der Waals surface area contributed by atoms with Gasteiger partial charge in [0.15, 0.2) is 9.84 Å². The number of amides is 6. The first-order valence-corrected chi connectivity index (χ1v) is 24.3. The summed E-state index contributed by atoms with van der Waals surface area (Å²) >= 11 is 0. The molecule has 0 aromatic heterocycles. The van der Waals surface area contributed by atoms with Crippen molar-refractivity contribution >= 4 is 45.5 Å². The third-order valence-corrected chi connectivity index (χ3v) is 16.5. The van der Waals surface area contributed by atoms with Crippen LogP contribution in [0.4, 0.5) is 9.59 Å². The standard InChI is InChI=1S/C45H68N6O9S/c1-6-15-34(36(52)39(54)46-32-18-19-32)47-38(53)35-26-33(60-42(57)50-25-20-30-16-9-10-17-31(30)27-50)28-51(35)40(55)37(44(5)21-11-7-12-22-44)48-41(56)49-45(23-13-8-14-24-45)29-61(58,59)43(2,3)4/h9-10,16-17,32-35,37H,6-8,11-15,18-29H2,1-5H3,(H,46,54)(H,47,53)(H2,48,49,56)/t33?,34?,35-,37+/m0/s1. The van der Waals surface area contributed by atoms with Crippen molar-refractivity contribution in [2.24, 2.45) is 5.41 Å². The SMILES string of the molecule is CCCC(NC(=O)[C@@H]1CC(OC(=O)N2CCc3ccccc3C2)CN1C(=O)[C@@H](NC(=O)NC1(CS(=O)(=O)C(C)(C)C)CCCCC1)C1(C)CCCCC1)C(=O)C(=O)NC1CC1. The molecule has 2 heterocycles. The number of likely N-dealkylation sites (tertiary alicyclic amines) is 1. The van der Waals surface area contributed by atoms with Gasteiger partial charge in [0.1, 0.15) is 18.2 Å². The first kappa shape index (κ1) is 46.3. The van der Waals surface area contributed by atoms with Gasteiger partial charge in [-0.15, -0.1) is 0 Å². The second kappa shape index (κ2) is 19.0.